The Hall–Kier alpha value is -1.39. The minimum atomic E-state index is -0.0629. The van der Waals surface area contributed by atoms with E-state index >= 15 is 0 Å². The van der Waals surface area contributed by atoms with Crippen molar-refractivity contribution in [3.63, 3.8) is 0 Å². The van der Waals surface area contributed by atoms with E-state index in [2.05, 4.69) is 10.2 Å². The molecular weight excluding hydrogens is 192 g/mol. The largest absolute Gasteiger partial charge is 0.352 e. The van der Waals surface area contributed by atoms with Gasteiger partial charge in [0.15, 0.2) is 0 Å². The first-order valence-corrected chi connectivity index (χ1v) is 4.90. The average Bonchev–Trinajstić information content (AvgIpc) is 2.25. The van der Waals surface area contributed by atoms with Gasteiger partial charge in [-0.25, -0.2) is 5.90 Å². The van der Waals surface area contributed by atoms with Gasteiger partial charge in [-0.2, -0.15) is 0 Å². The van der Waals surface area contributed by atoms with Crippen LogP contribution in [0.4, 0.5) is 0 Å². The van der Waals surface area contributed by atoms with E-state index in [0.717, 1.165) is 5.56 Å². The maximum atomic E-state index is 11.5. The topological polar surface area (TPSA) is 64.3 Å². The quantitative estimate of drug-likeness (QED) is 0.560. The number of carbonyl (C=O) groups excluding carboxylic acids is 1. The van der Waals surface area contributed by atoms with Crippen molar-refractivity contribution in [3.05, 3.63) is 35.4 Å². The van der Waals surface area contributed by atoms with Crippen molar-refractivity contribution < 1.29 is 9.63 Å². The van der Waals surface area contributed by atoms with E-state index in [9.17, 15) is 4.79 Å². The Morgan fingerprint density at radius 1 is 1.40 bits per heavy atom. The molecule has 1 amide bonds. The molecule has 0 aliphatic heterocycles. The maximum Gasteiger partial charge on any atom is 0.251 e. The first kappa shape index (κ1) is 11.7. The molecule has 82 valence electrons. The zero-order valence-corrected chi connectivity index (χ0v) is 8.82. The lowest BCUT2D eigenvalue weighted by atomic mass is 10.1. The van der Waals surface area contributed by atoms with Crippen LogP contribution in [0.5, 0.6) is 0 Å². The van der Waals surface area contributed by atoms with Crippen molar-refractivity contribution in [2.75, 3.05) is 13.2 Å². The number of rotatable bonds is 5. The number of nitrogens with one attached hydrogen (secondary N) is 1. The van der Waals surface area contributed by atoms with Crippen LogP contribution in [0, 0.1) is 6.92 Å². The van der Waals surface area contributed by atoms with Gasteiger partial charge in [-0.05, 0) is 25.5 Å². The Kier molecular flexibility index (Phi) is 4.80. The Labute approximate surface area is 89.4 Å². The number of amides is 1. The van der Waals surface area contributed by atoms with E-state index in [1.54, 1.807) is 0 Å². The molecule has 0 saturated carbocycles. The second kappa shape index (κ2) is 6.16. The van der Waals surface area contributed by atoms with Crippen molar-refractivity contribution in [1.29, 1.82) is 0 Å². The highest BCUT2D eigenvalue weighted by Crippen LogP contribution is 2.02. The van der Waals surface area contributed by atoms with Crippen LogP contribution in [0.1, 0.15) is 22.3 Å². The predicted molar refractivity (Wildman–Crippen MR) is 58.3 cm³/mol. The summed E-state index contributed by atoms with van der Waals surface area (Å²) in [6.07, 6.45) is 0.716. The highest BCUT2D eigenvalue weighted by atomic mass is 16.6. The molecule has 0 bridgehead atoms. The normalized spacial score (nSPS) is 10.0. The van der Waals surface area contributed by atoms with E-state index in [4.69, 9.17) is 5.90 Å². The van der Waals surface area contributed by atoms with Crippen LogP contribution < -0.4 is 11.2 Å². The third-order valence-corrected chi connectivity index (χ3v) is 2.04. The lowest BCUT2D eigenvalue weighted by Crippen LogP contribution is -2.25. The van der Waals surface area contributed by atoms with Gasteiger partial charge in [0.1, 0.15) is 0 Å². The molecule has 0 unspecified atom stereocenters. The first-order chi connectivity index (χ1) is 7.24. The SMILES string of the molecule is Cc1ccc(C(=O)NCCCON)cc1. The lowest BCUT2D eigenvalue weighted by Gasteiger charge is -2.04. The molecule has 15 heavy (non-hydrogen) atoms. The van der Waals surface area contributed by atoms with E-state index in [0.29, 0.717) is 25.1 Å². The molecule has 0 aromatic heterocycles. The van der Waals surface area contributed by atoms with Crippen LogP contribution in [0.25, 0.3) is 0 Å². The lowest BCUT2D eigenvalue weighted by molar-refractivity contribution is 0.0941. The molecule has 0 saturated heterocycles. The summed E-state index contributed by atoms with van der Waals surface area (Å²) in [5.41, 5.74) is 1.82. The van der Waals surface area contributed by atoms with Crippen LogP contribution in [-0.4, -0.2) is 19.1 Å². The molecule has 0 fully saturated rings. The standard InChI is InChI=1S/C11H16N2O2/c1-9-3-5-10(6-4-9)11(14)13-7-2-8-15-12/h3-6H,2,7-8,12H2,1H3,(H,13,14). The smallest absolute Gasteiger partial charge is 0.251 e. The second-order valence-corrected chi connectivity index (χ2v) is 3.35. The van der Waals surface area contributed by atoms with Crippen molar-refractivity contribution in [3.8, 4) is 0 Å². The zero-order valence-electron chi connectivity index (χ0n) is 8.82. The molecule has 4 nitrogen and oxygen atoms in total. The van der Waals surface area contributed by atoms with Gasteiger partial charge in [-0.3, -0.25) is 4.79 Å². The molecular formula is C11H16N2O2. The molecule has 0 radical (unpaired) electrons. The Bertz CT molecular complexity index is 309. The molecule has 1 aromatic rings. The third-order valence-electron chi connectivity index (χ3n) is 2.04. The molecule has 0 atom stereocenters. The number of carbonyl (C=O) groups is 1. The monoisotopic (exact) mass is 208 g/mol. The van der Waals surface area contributed by atoms with Crippen molar-refractivity contribution >= 4 is 5.91 Å². The zero-order chi connectivity index (χ0) is 11.1. The molecule has 1 rings (SSSR count). The first-order valence-electron chi connectivity index (χ1n) is 4.90. The summed E-state index contributed by atoms with van der Waals surface area (Å²) in [7, 11) is 0. The number of benzene rings is 1. The second-order valence-electron chi connectivity index (χ2n) is 3.35. The van der Waals surface area contributed by atoms with Gasteiger partial charge in [-0.1, -0.05) is 17.7 Å². The highest BCUT2D eigenvalue weighted by molar-refractivity contribution is 5.94. The van der Waals surface area contributed by atoms with Crippen LogP contribution in [0.15, 0.2) is 24.3 Å². The molecule has 1 aromatic carbocycles. The Morgan fingerprint density at radius 2 is 2.07 bits per heavy atom. The van der Waals surface area contributed by atoms with Gasteiger partial charge in [0.05, 0.1) is 6.61 Å². The van der Waals surface area contributed by atoms with Gasteiger partial charge in [-0.15, -0.1) is 0 Å². The fourth-order valence-electron chi connectivity index (χ4n) is 1.16. The summed E-state index contributed by atoms with van der Waals surface area (Å²) < 4.78 is 0. The molecule has 3 N–H and O–H groups in total. The number of hydrogen-bond acceptors (Lipinski definition) is 3. The maximum absolute atomic E-state index is 11.5. The summed E-state index contributed by atoms with van der Waals surface area (Å²) in [5, 5.41) is 2.78. The summed E-state index contributed by atoms with van der Waals surface area (Å²) in [4.78, 5) is 15.9. The molecule has 0 spiro atoms. The fourth-order valence-corrected chi connectivity index (χ4v) is 1.16. The Balaban J connectivity index is 2.37. The highest BCUT2D eigenvalue weighted by Gasteiger charge is 2.02. The summed E-state index contributed by atoms with van der Waals surface area (Å²) in [6, 6.07) is 7.45. The summed E-state index contributed by atoms with van der Waals surface area (Å²) in [6.45, 7) is 3.01. The minimum Gasteiger partial charge on any atom is -0.352 e. The van der Waals surface area contributed by atoms with Crippen LogP contribution in [0.3, 0.4) is 0 Å². The summed E-state index contributed by atoms with van der Waals surface area (Å²) in [5.74, 6) is 4.80. The van der Waals surface area contributed by atoms with Crippen molar-refractivity contribution in [1.82, 2.24) is 5.32 Å². The van der Waals surface area contributed by atoms with Gasteiger partial charge >= 0.3 is 0 Å². The summed E-state index contributed by atoms with van der Waals surface area (Å²) >= 11 is 0. The van der Waals surface area contributed by atoms with Crippen LogP contribution in [0.2, 0.25) is 0 Å². The number of nitrogens with two attached hydrogens (primary N) is 1. The average molecular weight is 208 g/mol. The van der Waals surface area contributed by atoms with E-state index < -0.39 is 0 Å². The van der Waals surface area contributed by atoms with Crippen molar-refractivity contribution in [2.45, 2.75) is 13.3 Å². The van der Waals surface area contributed by atoms with Gasteiger partial charge in [0.25, 0.3) is 5.91 Å². The van der Waals surface area contributed by atoms with Crippen molar-refractivity contribution in [2.24, 2.45) is 5.90 Å². The fraction of sp³-hybridized carbons (Fsp3) is 0.364. The molecule has 4 heteroatoms. The van der Waals surface area contributed by atoms with Gasteiger partial charge < -0.3 is 10.2 Å². The Morgan fingerprint density at radius 3 is 2.67 bits per heavy atom. The third kappa shape index (κ3) is 4.10. The minimum absolute atomic E-state index is 0.0629. The number of aryl methyl sites for hydroxylation is 1. The van der Waals surface area contributed by atoms with Crippen LogP contribution >= 0.6 is 0 Å². The van der Waals surface area contributed by atoms with E-state index in [-0.39, 0.29) is 5.91 Å². The number of hydrogen-bond donors (Lipinski definition) is 2. The van der Waals surface area contributed by atoms with E-state index in [1.807, 2.05) is 31.2 Å². The molecule has 0 heterocycles. The van der Waals surface area contributed by atoms with Crippen LogP contribution in [-0.2, 0) is 4.84 Å². The van der Waals surface area contributed by atoms with E-state index in [1.165, 1.54) is 0 Å². The molecule has 0 aliphatic carbocycles. The molecule has 0 aliphatic rings. The van der Waals surface area contributed by atoms with Gasteiger partial charge in [0.2, 0.25) is 0 Å². The van der Waals surface area contributed by atoms with Gasteiger partial charge in [0, 0.05) is 12.1 Å². The predicted octanol–water partition coefficient (Wildman–Crippen LogP) is 1.01.